The fourth-order valence-corrected chi connectivity index (χ4v) is 5.36. The van der Waals surface area contributed by atoms with Crippen LogP contribution in [0.2, 0.25) is 0 Å². The number of nitrogens with one attached hydrogen (secondary N) is 3. The molecule has 0 radical (unpaired) electrons. The quantitative estimate of drug-likeness (QED) is 0.438. The van der Waals surface area contributed by atoms with Crippen LogP contribution in [-0.2, 0) is 20.9 Å². The molecule has 1 aromatic heterocycles. The lowest BCUT2D eigenvalue weighted by molar-refractivity contribution is -0.131. The summed E-state index contributed by atoms with van der Waals surface area (Å²) in [4.78, 5) is 57.0. The van der Waals surface area contributed by atoms with Crippen LogP contribution in [0.4, 0.5) is 0 Å². The number of hydrogen-bond acceptors (Lipinski definition) is 5. The number of aromatic nitrogens is 1. The second kappa shape index (κ2) is 10.1. The lowest BCUT2D eigenvalue weighted by atomic mass is 9.94. The van der Waals surface area contributed by atoms with E-state index in [1.54, 1.807) is 20.1 Å². The van der Waals surface area contributed by atoms with E-state index in [1.807, 2.05) is 42.5 Å². The van der Waals surface area contributed by atoms with Crippen molar-refractivity contribution in [2.45, 2.75) is 44.8 Å². The van der Waals surface area contributed by atoms with Crippen molar-refractivity contribution in [2.24, 2.45) is 5.92 Å². The standard InChI is InChI=1S/C28H30N4O5/c1-3-23(33)21(13-16-11-12-29-26(16)34)31-27(35)25-18-8-5-4-7-17(18)15-32(25)28(36)22-14-19-20(30-22)9-6-10-24(19)37-2/h4-10,14,16,21,25,30H,3,11-13,15H2,1-2H3,(H,29,34)(H,31,35). The van der Waals surface area contributed by atoms with Crippen molar-refractivity contribution >= 4 is 34.4 Å². The van der Waals surface area contributed by atoms with Crippen LogP contribution in [0.25, 0.3) is 10.9 Å². The van der Waals surface area contributed by atoms with E-state index in [0.717, 1.165) is 22.0 Å². The first-order valence-corrected chi connectivity index (χ1v) is 12.6. The molecule has 3 heterocycles. The molecule has 3 aromatic rings. The van der Waals surface area contributed by atoms with Gasteiger partial charge in [0.15, 0.2) is 5.78 Å². The van der Waals surface area contributed by atoms with Gasteiger partial charge in [0.05, 0.1) is 13.2 Å². The minimum atomic E-state index is -0.901. The monoisotopic (exact) mass is 502 g/mol. The van der Waals surface area contributed by atoms with Crippen LogP contribution in [0, 0.1) is 5.92 Å². The van der Waals surface area contributed by atoms with Gasteiger partial charge in [0.1, 0.15) is 17.5 Å². The van der Waals surface area contributed by atoms with Crippen molar-refractivity contribution < 1.29 is 23.9 Å². The number of aromatic amines is 1. The molecule has 37 heavy (non-hydrogen) atoms. The van der Waals surface area contributed by atoms with E-state index in [-0.39, 0.29) is 42.9 Å². The van der Waals surface area contributed by atoms with Crippen LogP contribution in [0.1, 0.15) is 53.8 Å². The third-order valence-corrected chi connectivity index (χ3v) is 7.32. The highest BCUT2D eigenvalue weighted by Gasteiger charge is 2.41. The van der Waals surface area contributed by atoms with Gasteiger partial charge in [-0.3, -0.25) is 19.2 Å². The van der Waals surface area contributed by atoms with Crippen molar-refractivity contribution in [3.63, 3.8) is 0 Å². The van der Waals surface area contributed by atoms with Gasteiger partial charge in [-0.2, -0.15) is 0 Å². The first kappa shape index (κ1) is 24.5. The predicted molar refractivity (Wildman–Crippen MR) is 137 cm³/mol. The zero-order valence-electron chi connectivity index (χ0n) is 20.9. The summed E-state index contributed by atoms with van der Waals surface area (Å²) in [6, 6.07) is 13.0. The number of ether oxygens (including phenoxy) is 1. The molecular weight excluding hydrogens is 472 g/mol. The van der Waals surface area contributed by atoms with Crippen molar-refractivity contribution in [2.75, 3.05) is 13.7 Å². The summed E-state index contributed by atoms with van der Waals surface area (Å²) < 4.78 is 5.43. The molecule has 9 nitrogen and oxygen atoms in total. The Hall–Kier alpha value is -4.14. The molecule has 0 bridgehead atoms. The highest BCUT2D eigenvalue weighted by Crippen LogP contribution is 2.36. The third kappa shape index (κ3) is 4.57. The molecule has 1 saturated heterocycles. The van der Waals surface area contributed by atoms with Gasteiger partial charge in [-0.15, -0.1) is 0 Å². The fourth-order valence-electron chi connectivity index (χ4n) is 5.36. The summed E-state index contributed by atoms with van der Waals surface area (Å²) in [5.74, 6) is -0.680. The number of fused-ring (bicyclic) bond motifs is 2. The van der Waals surface area contributed by atoms with Gasteiger partial charge in [-0.1, -0.05) is 37.3 Å². The highest BCUT2D eigenvalue weighted by atomic mass is 16.5. The van der Waals surface area contributed by atoms with E-state index in [0.29, 0.717) is 24.4 Å². The average molecular weight is 503 g/mol. The van der Waals surface area contributed by atoms with Gasteiger partial charge in [0.2, 0.25) is 11.8 Å². The number of Topliss-reactive ketones (excluding diaryl/α,β-unsaturated/α-hetero) is 1. The van der Waals surface area contributed by atoms with Crippen LogP contribution in [0.15, 0.2) is 48.5 Å². The van der Waals surface area contributed by atoms with Crippen molar-refractivity contribution in [1.82, 2.24) is 20.5 Å². The summed E-state index contributed by atoms with van der Waals surface area (Å²) >= 11 is 0. The van der Waals surface area contributed by atoms with Crippen LogP contribution in [-0.4, -0.2) is 53.1 Å². The summed E-state index contributed by atoms with van der Waals surface area (Å²) in [5, 5.41) is 6.44. The topological polar surface area (TPSA) is 121 Å². The Morgan fingerprint density at radius 2 is 1.97 bits per heavy atom. The maximum Gasteiger partial charge on any atom is 0.271 e. The Balaban J connectivity index is 1.44. The average Bonchev–Trinajstić information content (AvgIpc) is 3.63. The Bertz CT molecular complexity index is 1380. The van der Waals surface area contributed by atoms with Gasteiger partial charge >= 0.3 is 0 Å². The van der Waals surface area contributed by atoms with Crippen LogP contribution in [0.3, 0.4) is 0 Å². The van der Waals surface area contributed by atoms with E-state index in [4.69, 9.17) is 4.74 Å². The van der Waals surface area contributed by atoms with Crippen LogP contribution in [0.5, 0.6) is 5.75 Å². The number of hydrogen-bond donors (Lipinski definition) is 3. The van der Waals surface area contributed by atoms with E-state index in [1.165, 1.54) is 4.90 Å². The van der Waals surface area contributed by atoms with E-state index in [2.05, 4.69) is 15.6 Å². The Labute approximate surface area is 214 Å². The number of methoxy groups -OCH3 is 1. The number of benzene rings is 2. The number of H-pyrrole nitrogens is 1. The molecule has 192 valence electrons. The van der Waals surface area contributed by atoms with Gasteiger partial charge in [0, 0.05) is 36.3 Å². The molecule has 0 saturated carbocycles. The summed E-state index contributed by atoms with van der Waals surface area (Å²) in [6.07, 6.45) is 1.11. The molecule has 2 aromatic carbocycles. The summed E-state index contributed by atoms with van der Waals surface area (Å²) in [6.45, 7) is 2.57. The predicted octanol–water partition coefficient (Wildman–Crippen LogP) is 2.86. The number of nitrogens with zero attached hydrogens (tertiary/aromatic N) is 1. The number of rotatable bonds is 8. The zero-order chi connectivity index (χ0) is 26.1. The maximum atomic E-state index is 13.8. The molecule has 3 amide bonds. The molecule has 0 aliphatic carbocycles. The lowest BCUT2D eigenvalue weighted by Crippen LogP contribution is -2.47. The van der Waals surface area contributed by atoms with Crippen molar-refractivity contribution in [3.8, 4) is 5.75 Å². The van der Waals surface area contributed by atoms with E-state index < -0.39 is 18.0 Å². The summed E-state index contributed by atoms with van der Waals surface area (Å²) in [7, 11) is 1.57. The van der Waals surface area contributed by atoms with Gasteiger partial charge in [0.25, 0.3) is 5.91 Å². The SMILES string of the molecule is CCC(=O)C(CC1CCNC1=O)NC(=O)C1c2ccccc2CN1C(=O)c1cc2c(OC)cccc2[nH]1. The fraction of sp³-hybridized carbons (Fsp3) is 0.357. The van der Waals surface area contributed by atoms with Gasteiger partial charge in [-0.05, 0) is 42.2 Å². The molecule has 0 spiro atoms. The van der Waals surface area contributed by atoms with E-state index in [9.17, 15) is 19.2 Å². The number of carbonyl (C=O) groups excluding carboxylic acids is 4. The smallest absolute Gasteiger partial charge is 0.271 e. The van der Waals surface area contributed by atoms with Gasteiger partial charge in [-0.25, -0.2) is 0 Å². The van der Waals surface area contributed by atoms with Crippen LogP contribution >= 0.6 is 0 Å². The molecule has 5 rings (SSSR count). The highest BCUT2D eigenvalue weighted by molar-refractivity contribution is 6.02. The molecule has 3 N–H and O–H groups in total. The minimum Gasteiger partial charge on any atom is -0.496 e. The Morgan fingerprint density at radius 1 is 1.16 bits per heavy atom. The van der Waals surface area contributed by atoms with E-state index >= 15 is 0 Å². The molecule has 2 aliphatic heterocycles. The molecule has 3 unspecified atom stereocenters. The largest absolute Gasteiger partial charge is 0.496 e. The molecule has 2 aliphatic rings. The van der Waals surface area contributed by atoms with Crippen molar-refractivity contribution in [3.05, 3.63) is 65.4 Å². The molecule has 1 fully saturated rings. The number of ketones is 1. The Morgan fingerprint density at radius 3 is 2.70 bits per heavy atom. The lowest BCUT2D eigenvalue weighted by Gasteiger charge is -2.27. The maximum absolute atomic E-state index is 13.8. The second-order valence-electron chi connectivity index (χ2n) is 9.53. The molecular formula is C28H30N4O5. The normalized spacial score (nSPS) is 19.4. The third-order valence-electron chi connectivity index (χ3n) is 7.32. The van der Waals surface area contributed by atoms with Gasteiger partial charge < -0.3 is 25.3 Å². The molecule has 9 heteroatoms. The van der Waals surface area contributed by atoms with Crippen molar-refractivity contribution in [1.29, 1.82) is 0 Å². The second-order valence-corrected chi connectivity index (χ2v) is 9.53. The number of amides is 3. The van der Waals surface area contributed by atoms with Crippen LogP contribution < -0.4 is 15.4 Å². The minimum absolute atomic E-state index is 0.0968. The summed E-state index contributed by atoms with van der Waals surface area (Å²) in [5.41, 5.74) is 2.69. The first-order valence-electron chi connectivity index (χ1n) is 12.6. The first-order chi connectivity index (χ1) is 17.9. The zero-order valence-corrected chi connectivity index (χ0v) is 20.9. The molecule has 3 atom stereocenters. The number of carbonyl (C=O) groups is 4. The Kier molecular flexibility index (Phi) is 6.69.